The van der Waals surface area contributed by atoms with Crippen LogP contribution >= 0.6 is 0 Å². The minimum Gasteiger partial charge on any atom is -0.377 e. The van der Waals surface area contributed by atoms with Gasteiger partial charge in [0.15, 0.2) is 0 Å². The molecule has 0 aromatic rings. The van der Waals surface area contributed by atoms with Crippen LogP contribution in [0.25, 0.3) is 0 Å². The number of hydrogen-bond acceptors (Lipinski definition) is 4. The molecule has 2 fully saturated rings. The van der Waals surface area contributed by atoms with Crippen molar-refractivity contribution < 1.29 is 9.53 Å². The molecule has 80 valence electrons. The van der Waals surface area contributed by atoms with Crippen molar-refractivity contribution in [2.45, 2.75) is 31.9 Å². The summed E-state index contributed by atoms with van der Waals surface area (Å²) < 4.78 is 5.56. The van der Waals surface area contributed by atoms with Gasteiger partial charge in [0.25, 0.3) is 5.91 Å². The van der Waals surface area contributed by atoms with Gasteiger partial charge in [-0.25, -0.2) is 5.84 Å². The van der Waals surface area contributed by atoms with Crippen LogP contribution in [0.3, 0.4) is 0 Å². The van der Waals surface area contributed by atoms with E-state index in [1.807, 2.05) is 13.8 Å². The second-order valence-electron chi connectivity index (χ2n) is 4.75. The quantitative estimate of drug-likeness (QED) is 0.290. The SMILES string of the molecule is CC1(C)C2OCCC2C1(N)C(=O)NN. The first-order chi connectivity index (χ1) is 6.46. The van der Waals surface area contributed by atoms with Crippen LogP contribution in [0.2, 0.25) is 0 Å². The average Bonchev–Trinajstić information content (AvgIpc) is 2.62. The molecule has 0 bridgehead atoms. The molecule has 2 rings (SSSR count). The number of rotatable bonds is 1. The van der Waals surface area contributed by atoms with E-state index < -0.39 is 5.54 Å². The summed E-state index contributed by atoms with van der Waals surface area (Å²) in [6.45, 7) is 4.60. The van der Waals surface area contributed by atoms with Crippen LogP contribution in [-0.2, 0) is 9.53 Å². The molecule has 2 aliphatic rings. The number of nitrogens with two attached hydrogens (primary N) is 2. The Morgan fingerprint density at radius 3 is 2.79 bits per heavy atom. The van der Waals surface area contributed by atoms with Crippen LogP contribution in [0.1, 0.15) is 20.3 Å². The second kappa shape index (κ2) is 2.68. The summed E-state index contributed by atoms with van der Waals surface area (Å²) in [6, 6.07) is 0. The summed E-state index contributed by atoms with van der Waals surface area (Å²) >= 11 is 0. The van der Waals surface area contributed by atoms with Gasteiger partial charge in [-0.15, -0.1) is 0 Å². The number of nitrogens with one attached hydrogen (secondary N) is 1. The van der Waals surface area contributed by atoms with Gasteiger partial charge in [-0.05, 0) is 6.42 Å². The van der Waals surface area contributed by atoms with E-state index in [-0.39, 0.29) is 23.3 Å². The average molecular weight is 199 g/mol. The fourth-order valence-electron chi connectivity index (χ4n) is 2.96. The summed E-state index contributed by atoms with van der Waals surface area (Å²) in [6.07, 6.45) is 0.947. The van der Waals surface area contributed by atoms with E-state index in [9.17, 15) is 4.79 Å². The highest BCUT2D eigenvalue weighted by Gasteiger charge is 2.71. The molecule has 1 saturated heterocycles. The Hall–Kier alpha value is -0.650. The third-order valence-corrected chi connectivity index (χ3v) is 3.96. The van der Waals surface area contributed by atoms with Crippen LogP contribution in [-0.4, -0.2) is 24.2 Å². The lowest BCUT2D eigenvalue weighted by Gasteiger charge is -2.60. The van der Waals surface area contributed by atoms with Gasteiger partial charge < -0.3 is 10.5 Å². The van der Waals surface area contributed by atoms with E-state index >= 15 is 0 Å². The molecule has 1 aliphatic carbocycles. The maximum atomic E-state index is 11.7. The number of ether oxygens (including phenoxy) is 1. The van der Waals surface area contributed by atoms with Crippen LogP contribution in [0.5, 0.6) is 0 Å². The van der Waals surface area contributed by atoms with Crippen LogP contribution in [0.15, 0.2) is 0 Å². The fourth-order valence-corrected chi connectivity index (χ4v) is 2.96. The zero-order valence-corrected chi connectivity index (χ0v) is 8.54. The predicted molar refractivity (Wildman–Crippen MR) is 50.9 cm³/mol. The van der Waals surface area contributed by atoms with Gasteiger partial charge in [-0.3, -0.25) is 10.2 Å². The zero-order valence-electron chi connectivity index (χ0n) is 8.54. The zero-order chi connectivity index (χ0) is 10.6. The second-order valence-corrected chi connectivity index (χ2v) is 4.75. The van der Waals surface area contributed by atoms with Crippen molar-refractivity contribution in [3.8, 4) is 0 Å². The molecule has 5 N–H and O–H groups in total. The maximum Gasteiger partial charge on any atom is 0.254 e. The van der Waals surface area contributed by atoms with Crippen molar-refractivity contribution in [3.05, 3.63) is 0 Å². The van der Waals surface area contributed by atoms with Crippen molar-refractivity contribution >= 4 is 5.91 Å². The minimum atomic E-state index is -0.872. The summed E-state index contributed by atoms with van der Waals surface area (Å²) in [7, 11) is 0. The van der Waals surface area contributed by atoms with E-state index in [0.717, 1.165) is 6.42 Å². The van der Waals surface area contributed by atoms with Gasteiger partial charge in [0.2, 0.25) is 0 Å². The Morgan fingerprint density at radius 2 is 2.21 bits per heavy atom. The third kappa shape index (κ3) is 0.827. The standard InChI is InChI=1S/C9H17N3O2/c1-8(2)6-5(3-4-14-6)9(8,10)7(13)12-11/h5-6H,3-4,10-11H2,1-2H3,(H,12,13). The van der Waals surface area contributed by atoms with Gasteiger partial charge in [-0.2, -0.15) is 0 Å². The van der Waals surface area contributed by atoms with E-state index in [0.29, 0.717) is 6.61 Å². The molecule has 1 saturated carbocycles. The number of hydrazine groups is 1. The molecule has 0 radical (unpaired) electrons. The van der Waals surface area contributed by atoms with Crippen molar-refractivity contribution in [3.63, 3.8) is 0 Å². The predicted octanol–water partition coefficient (Wildman–Crippen LogP) is -0.881. The lowest BCUT2D eigenvalue weighted by Crippen LogP contribution is -2.80. The first-order valence-electron chi connectivity index (χ1n) is 4.87. The van der Waals surface area contributed by atoms with Gasteiger partial charge in [-0.1, -0.05) is 13.8 Å². The fraction of sp³-hybridized carbons (Fsp3) is 0.889. The first kappa shape index (κ1) is 9.89. The lowest BCUT2D eigenvalue weighted by atomic mass is 9.48. The number of carbonyl (C=O) groups is 1. The molecular weight excluding hydrogens is 182 g/mol. The summed E-state index contributed by atoms with van der Waals surface area (Å²) in [4.78, 5) is 11.7. The maximum absolute atomic E-state index is 11.7. The first-order valence-corrected chi connectivity index (χ1v) is 4.87. The molecule has 1 amide bonds. The van der Waals surface area contributed by atoms with E-state index in [1.54, 1.807) is 0 Å². The van der Waals surface area contributed by atoms with Crippen molar-refractivity contribution in [1.82, 2.24) is 5.43 Å². The summed E-state index contributed by atoms with van der Waals surface area (Å²) in [5, 5.41) is 0. The highest BCUT2D eigenvalue weighted by atomic mass is 16.5. The molecule has 1 heterocycles. The number of fused-ring (bicyclic) bond motifs is 1. The molecule has 3 unspecified atom stereocenters. The monoisotopic (exact) mass is 199 g/mol. The topological polar surface area (TPSA) is 90.4 Å². The third-order valence-electron chi connectivity index (χ3n) is 3.96. The van der Waals surface area contributed by atoms with Crippen LogP contribution in [0.4, 0.5) is 0 Å². The van der Waals surface area contributed by atoms with E-state index in [4.69, 9.17) is 16.3 Å². The molecule has 5 nitrogen and oxygen atoms in total. The highest BCUT2D eigenvalue weighted by molar-refractivity contribution is 5.89. The van der Waals surface area contributed by atoms with Crippen LogP contribution in [0, 0.1) is 11.3 Å². The summed E-state index contributed by atoms with van der Waals surface area (Å²) in [5.41, 5.74) is 7.10. The van der Waals surface area contributed by atoms with Crippen molar-refractivity contribution in [2.24, 2.45) is 22.9 Å². The Kier molecular flexibility index (Phi) is 1.90. The Morgan fingerprint density at radius 1 is 1.57 bits per heavy atom. The Bertz CT molecular complexity index is 279. The molecular formula is C9H17N3O2. The molecule has 5 heteroatoms. The number of amides is 1. The Labute approximate surface area is 83.1 Å². The minimum absolute atomic E-state index is 0.102. The summed E-state index contributed by atoms with van der Waals surface area (Å²) in [5.74, 6) is 4.98. The van der Waals surface area contributed by atoms with E-state index in [2.05, 4.69) is 5.43 Å². The molecule has 0 spiro atoms. The molecule has 3 atom stereocenters. The van der Waals surface area contributed by atoms with Crippen molar-refractivity contribution in [2.75, 3.05) is 6.61 Å². The molecule has 1 aliphatic heterocycles. The van der Waals surface area contributed by atoms with Gasteiger partial charge in [0.05, 0.1) is 6.10 Å². The van der Waals surface area contributed by atoms with Crippen LogP contribution < -0.4 is 17.0 Å². The van der Waals surface area contributed by atoms with Crippen molar-refractivity contribution in [1.29, 1.82) is 0 Å². The van der Waals surface area contributed by atoms with Gasteiger partial charge in [0, 0.05) is 17.9 Å². The molecule has 0 aromatic carbocycles. The van der Waals surface area contributed by atoms with Gasteiger partial charge >= 0.3 is 0 Å². The largest absolute Gasteiger partial charge is 0.377 e. The lowest BCUT2D eigenvalue weighted by molar-refractivity contribution is -0.175. The van der Waals surface area contributed by atoms with Gasteiger partial charge in [0.1, 0.15) is 5.54 Å². The Balaban J connectivity index is 2.31. The molecule has 0 aromatic heterocycles. The number of carbonyl (C=O) groups excluding carboxylic acids is 1. The number of hydrogen-bond donors (Lipinski definition) is 3. The van der Waals surface area contributed by atoms with E-state index in [1.165, 1.54) is 0 Å². The normalized spacial score (nSPS) is 44.0. The smallest absolute Gasteiger partial charge is 0.254 e. The highest BCUT2D eigenvalue weighted by Crippen LogP contribution is 2.58. The molecule has 14 heavy (non-hydrogen) atoms.